The first-order valence-electron chi connectivity index (χ1n) is 9.54. The van der Waals surface area contributed by atoms with Crippen LogP contribution in [0.5, 0.6) is 0 Å². The third-order valence-corrected chi connectivity index (χ3v) is 6.87. The zero-order chi connectivity index (χ0) is 21.4. The summed E-state index contributed by atoms with van der Waals surface area (Å²) in [5.74, 6) is 1.37. The lowest BCUT2D eigenvalue weighted by molar-refractivity contribution is 0.0956. The summed E-state index contributed by atoms with van der Waals surface area (Å²) >= 11 is 1.75. The van der Waals surface area contributed by atoms with E-state index in [2.05, 4.69) is 29.1 Å². The van der Waals surface area contributed by atoms with Crippen LogP contribution in [0, 0.1) is 6.92 Å². The maximum absolute atomic E-state index is 12.6. The molecule has 0 spiro atoms. The Balaban J connectivity index is 1.53. The van der Waals surface area contributed by atoms with Crippen molar-refractivity contribution in [2.75, 3.05) is 17.0 Å². The van der Waals surface area contributed by atoms with E-state index in [-0.39, 0.29) is 10.8 Å². The van der Waals surface area contributed by atoms with Crippen LogP contribution in [0.2, 0.25) is 0 Å². The predicted molar refractivity (Wildman–Crippen MR) is 123 cm³/mol. The summed E-state index contributed by atoms with van der Waals surface area (Å²) in [6.45, 7) is 2.60. The highest BCUT2D eigenvalue weighted by atomic mass is 32.2. The third-order valence-electron chi connectivity index (χ3n) is 4.48. The van der Waals surface area contributed by atoms with Crippen LogP contribution in [0.15, 0.2) is 83.8 Å². The topological polar surface area (TPSA) is 75.3 Å². The second kappa shape index (κ2) is 10.3. The minimum absolute atomic E-state index is 0.0490. The smallest absolute Gasteiger partial charge is 0.261 e. The van der Waals surface area contributed by atoms with Crippen molar-refractivity contribution in [2.24, 2.45) is 0 Å². The lowest BCUT2D eigenvalue weighted by Gasteiger charge is -2.10. The Kier molecular flexibility index (Phi) is 7.54. The van der Waals surface area contributed by atoms with Crippen LogP contribution >= 0.6 is 11.8 Å². The molecule has 0 saturated carbocycles. The molecule has 3 aromatic carbocycles. The fourth-order valence-corrected chi connectivity index (χ4v) is 4.86. The molecule has 0 saturated heterocycles. The van der Waals surface area contributed by atoms with E-state index in [1.165, 1.54) is 23.3 Å². The van der Waals surface area contributed by atoms with Gasteiger partial charge in [0, 0.05) is 29.3 Å². The summed E-state index contributed by atoms with van der Waals surface area (Å²) in [5, 5.41) is 2.85. The lowest BCUT2D eigenvalue weighted by Crippen LogP contribution is -2.26. The Labute approximate surface area is 182 Å². The molecule has 0 aliphatic rings. The van der Waals surface area contributed by atoms with Gasteiger partial charge in [-0.15, -0.1) is 0 Å². The van der Waals surface area contributed by atoms with Gasteiger partial charge in [-0.3, -0.25) is 9.52 Å². The standard InChI is InChI=1S/C23H24N2O3S2/c1-18-8-5-6-9-20(18)17-29-15-14-24-23(26)19-10-7-13-22(16-19)30(27,28)25-21-11-3-2-4-12-21/h2-13,16,25H,14-15,17H2,1H3,(H,24,26). The summed E-state index contributed by atoms with van der Waals surface area (Å²) < 4.78 is 27.7. The van der Waals surface area contributed by atoms with Crippen LogP contribution in [-0.4, -0.2) is 26.6 Å². The number of para-hydroxylation sites is 1. The number of amides is 1. The van der Waals surface area contributed by atoms with E-state index < -0.39 is 10.0 Å². The van der Waals surface area contributed by atoms with Gasteiger partial charge in [0.25, 0.3) is 15.9 Å². The highest BCUT2D eigenvalue weighted by Gasteiger charge is 2.16. The van der Waals surface area contributed by atoms with Crippen molar-refractivity contribution in [1.82, 2.24) is 5.32 Å². The molecule has 156 valence electrons. The van der Waals surface area contributed by atoms with Gasteiger partial charge in [-0.25, -0.2) is 8.42 Å². The van der Waals surface area contributed by atoms with Gasteiger partial charge in [-0.05, 0) is 48.4 Å². The SMILES string of the molecule is Cc1ccccc1CSCCNC(=O)c1cccc(S(=O)(=O)Nc2ccccc2)c1. The molecule has 7 heteroatoms. The molecule has 30 heavy (non-hydrogen) atoms. The maximum atomic E-state index is 12.6. The number of anilines is 1. The van der Waals surface area contributed by atoms with Gasteiger partial charge in [0.05, 0.1) is 4.90 Å². The highest BCUT2D eigenvalue weighted by molar-refractivity contribution is 7.98. The molecular formula is C23H24N2O3S2. The van der Waals surface area contributed by atoms with Crippen molar-refractivity contribution in [2.45, 2.75) is 17.6 Å². The summed E-state index contributed by atoms with van der Waals surface area (Å²) in [6, 6.07) is 22.9. The van der Waals surface area contributed by atoms with Gasteiger partial charge < -0.3 is 5.32 Å². The first kappa shape index (κ1) is 21.9. The molecule has 0 heterocycles. The molecule has 0 bridgehead atoms. The first-order valence-corrected chi connectivity index (χ1v) is 12.2. The number of rotatable bonds is 9. The average Bonchev–Trinajstić information content (AvgIpc) is 2.75. The van der Waals surface area contributed by atoms with E-state index >= 15 is 0 Å². The number of thioether (sulfide) groups is 1. The summed E-state index contributed by atoms with van der Waals surface area (Å²) in [7, 11) is -3.77. The minimum Gasteiger partial charge on any atom is -0.351 e. The second-order valence-electron chi connectivity index (χ2n) is 6.73. The number of aryl methyl sites for hydroxylation is 1. The predicted octanol–water partition coefficient (Wildman–Crippen LogP) is 4.46. The molecule has 0 unspecified atom stereocenters. The van der Waals surface area contributed by atoms with Crippen molar-refractivity contribution in [3.05, 3.63) is 95.6 Å². The number of sulfonamides is 1. The molecule has 2 N–H and O–H groups in total. The van der Waals surface area contributed by atoms with Crippen molar-refractivity contribution in [3.63, 3.8) is 0 Å². The largest absolute Gasteiger partial charge is 0.351 e. The molecule has 3 rings (SSSR count). The molecule has 0 radical (unpaired) electrons. The Morgan fingerprint density at radius 1 is 0.933 bits per heavy atom. The quantitative estimate of drug-likeness (QED) is 0.482. The van der Waals surface area contributed by atoms with Crippen LogP contribution in [0.1, 0.15) is 21.5 Å². The van der Waals surface area contributed by atoms with E-state index in [1.54, 1.807) is 48.2 Å². The fraction of sp³-hybridized carbons (Fsp3) is 0.174. The summed E-state index contributed by atoms with van der Waals surface area (Å²) in [5.41, 5.74) is 3.33. The molecule has 0 aromatic heterocycles. The van der Waals surface area contributed by atoms with E-state index in [1.807, 2.05) is 18.2 Å². The zero-order valence-corrected chi connectivity index (χ0v) is 18.3. The van der Waals surface area contributed by atoms with Crippen molar-refractivity contribution in [1.29, 1.82) is 0 Å². The zero-order valence-electron chi connectivity index (χ0n) is 16.7. The Morgan fingerprint density at radius 2 is 1.67 bits per heavy atom. The van der Waals surface area contributed by atoms with E-state index in [9.17, 15) is 13.2 Å². The van der Waals surface area contributed by atoms with Crippen LogP contribution < -0.4 is 10.0 Å². The highest BCUT2D eigenvalue weighted by Crippen LogP contribution is 2.17. The third kappa shape index (κ3) is 6.11. The number of carbonyl (C=O) groups is 1. The van der Waals surface area contributed by atoms with Gasteiger partial charge in [0.1, 0.15) is 0 Å². The first-order chi connectivity index (χ1) is 14.5. The van der Waals surface area contributed by atoms with Crippen LogP contribution in [0.25, 0.3) is 0 Å². The van der Waals surface area contributed by atoms with E-state index in [0.29, 0.717) is 17.8 Å². The number of benzene rings is 3. The van der Waals surface area contributed by atoms with E-state index in [4.69, 9.17) is 0 Å². The molecule has 3 aromatic rings. The molecule has 0 aliphatic heterocycles. The van der Waals surface area contributed by atoms with Crippen molar-refractivity contribution in [3.8, 4) is 0 Å². The number of carbonyl (C=O) groups excluding carboxylic acids is 1. The number of nitrogens with one attached hydrogen (secondary N) is 2. The average molecular weight is 441 g/mol. The molecule has 5 nitrogen and oxygen atoms in total. The van der Waals surface area contributed by atoms with Crippen LogP contribution in [0.4, 0.5) is 5.69 Å². The van der Waals surface area contributed by atoms with Gasteiger partial charge in [-0.1, -0.05) is 48.5 Å². The van der Waals surface area contributed by atoms with Crippen molar-refractivity contribution >= 4 is 33.4 Å². The lowest BCUT2D eigenvalue weighted by atomic mass is 10.1. The van der Waals surface area contributed by atoms with E-state index in [0.717, 1.165) is 11.5 Å². The molecule has 1 amide bonds. The Bertz CT molecular complexity index is 1100. The monoisotopic (exact) mass is 440 g/mol. The van der Waals surface area contributed by atoms with Crippen LogP contribution in [0.3, 0.4) is 0 Å². The maximum Gasteiger partial charge on any atom is 0.261 e. The molecular weight excluding hydrogens is 416 g/mol. The van der Waals surface area contributed by atoms with Crippen molar-refractivity contribution < 1.29 is 13.2 Å². The second-order valence-corrected chi connectivity index (χ2v) is 9.52. The van der Waals surface area contributed by atoms with Gasteiger partial charge >= 0.3 is 0 Å². The minimum atomic E-state index is -3.77. The number of hydrogen-bond acceptors (Lipinski definition) is 4. The van der Waals surface area contributed by atoms with Gasteiger partial charge in [-0.2, -0.15) is 11.8 Å². The summed E-state index contributed by atoms with van der Waals surface area (Å²) in [4.78, 5) is 12.5. The van der Waals surface area contributed by atoms with Gasteiger partial charge in [0.15, 0.2) is 0 Å². The van der Waals surface area contributed by atoms with Crippen LogP contribution in [-0.2, 0) is 15.8 Å². The van der Waals surface area contributed by atoms with Gasteiger partial charge in [0.2, 0.25) is 0 Å². The Hall–Kier alpha value is -2.77. The fourth-order valence-electron chi connectivity index (χ4n) is 2.82. The summed E-state index contributed by atoms with van der Waals surface area (Å²) in [6.07, 6.45) is 0. The number of hydrogen-bond donors (Lipinski definition) is 2. The molecule has 0 fully saturated rings. The molecule has 0 aliphatic carbocycles. The molecule has 0 atom stereocenters. The normalized spacial score (nSPS) is 11.1. The Morgan fingerprint density at radius 3 is 2.43 bits per heavy atom.